The molecular formula is C12H18FNO. The Kier molecular flexibility index (Phi) is 5.29. The first-order valence-corrected chi connectivity index (χ1v) is 5.33. The maximum atomic E-state index is 12.9. The molecule has 15 heavy (non-hydrogen) atoms. The minimum Gasteiger partial charge on any atom is -0.396 e. The van der Waals surface area contributed by atoms with Crippen molar-refractivity contribution in [1.29, 1.82) is 0 Å². The number of rotatable bonds is 6. The van der Waals surface area contributed by atoms with Crippen LogP contribution in [-0.4, -0.2) is 18.3 Å². The van der Waals surface area contributed by atoms with Crippen molar-refractivity contribution in [1.82, 2.24) is 5.32 Å². The molecule has 0 fully saturated rings. The maximum absolute atomic E-state index is 12.9. The van der Waals surface area contributed by atoms with Crippen molar-refractivity contribution in [3.05, 3.63) is 35.6 Å². The SMILES string of the molecule is C[C@@H](NCCCCO)c1cccc(F)c1. The number of unbranched alkanes of at least 4 members (excludes halogenated alkanes) is 1. The molecule has 0 aliphatic heterocycles. The molecule has 0 amide bonds. The number of halogens is 1. The van der Waals surface area contributed by atoms with E-state index in [9.17, 15) is 4.39 Å². The van der Waals surface area contributed by atoms with E-state index in [0.29, 0.717) is 0 Å². The van der Waals surface area contributed by atoms with Crippen LogP contribution in [0.3, 0.4) is 0 Å². The van der Waals surface area contributed by atoms with Gasteiger partial charge in [0.15, 0.2) is 0 Å². The number of hydrogen-bond acceptors (Lipinski definition) is 2. The van der Waals surface area contributed by atoms with Gasteiger partial charge < -0.3 is 10.4 Å². The van der Waals surface area contributed by atoms with Crippen LogP contribution < -0.4 is 5.32 Å². The summed E-state index contributed by atoms with van der Waals surface area (Å²) in [4.78, 5) is 0. The van der Waals surface area contributed by atoms with Gasteiger partial charge in [0, 0.05) is 12.6 Å². The molecule has 1 rings (SSSR count). The molecule has 0 saturated carbocycles. The Hall–Kier alpha value is -0.930. The van der Waals surface area contributed by atoms with Crippen molar-refractivity contribution in [2.75, 3.05) is 13.2 Å². The summed E-state index contributed by atoms with van der Waals surface area (Å²) in [7, 11) is 0. The second-order valence-electron chi connectivity index (χ2n) is 3.66. The molecule has 0 radical (unpaired) electrons. The summed E-state index contributed by atoms with van der Waals surface area (Å²) >= 11 is 0. The van der Waals surface area contributed by atoms with Gasteiger partial charge in [-0.05, 0) is 44.0 Å². The Morgan fingerprint density at radius 2 is 2.20 bits per heavy atom. The largest absolute Gasteiger partial charge is 0.396 e. The zero-order valence-electron chi connectivity index (χ0n) is 9.04. The molecule has 0 heterocycles. The zero-order chi connectivity index (χ0) is 11.1. The van der Waals surface area contributed by atoms with E-state index in [1.165, 1.54) is 6.07 Å². The summed E-state index contributed by atoms with van der Waals surface area (Å²) in [5.41, 5.74) is 0.957. The van der Waals surface area contributed by atoms with Gasteiger partial charge in [-0.2, -0.15) is 0 Å². The van der Waals surface area contributed by atoms with Gasteiger partial charge in [-0.25, -0.2) is 4.39 Å². The molecule has 1 aromatic rings. The molecule has 0 spiro atoms. The van der Waals surface area contributed by atoms with Crippen LogP contribution in [0.5, 0.6) is 0 Å². The number of aliphatic hydroxyl groups is 1. The van der Waals surface area contributed by atoms with E-state index < -0.39 is 0 Å². The topological polar surface area (TPSA) is 32.3 Å². The zero-order valence-corrected chi connectivity index (χ0v) is 9.04. The van der Waals surface area contributed by atoms with Crippen molar-refractivity contribution in [3.8, 4) is 0 Å². The third-order valence-corrected chi connectivity index (χ3v) is 2.38. The Morgan fingerprint density at radius 3 is 2.87 bits per heavy atom. The summed E-state index contributed by atoms with van der Waals surface area (Å²) in [5.74, 6) is -0.198. The lowest BCUT2D eigenvalue weighted by molar-refractivity contribution is 0.283. The van der Waals surface area contributed by atoms with Gasteiger partial charge in [-0.3, -0.25) is 0 Å². The van der Waals surface area contributed by atoms with Crippen LogP contribution in [0.15, 0.2) is 24.3 Å². The second kappa shape index (κ2) is 6.53. The van der Waals surface area contributed by atoms with Gasteiger partial charge in [0.1, 0.15) is 5.82 Å². The lowest BCUT2D eigenvalue weighted by Gasteiger charge is -2.13. The fourth-order valence-corrected chi connectivity index (χ4v) is 1.45. The second-order valence-corrected chi connectivity index (χ2v) is 3.66. The predicted molar refractivity (Wildman–Crippen MR) is 59.1 cm³/mol. The number of hydrogen-bond donors (Lipinski definition) is 2. The van der Waals surface area contributed by atoms with Crippen LogP contribution in [0, 0.1) is 5.82 Å². The molecule has 84 valence electrons. The fourth-order valence-electron chi connectivity index (χ4n) is 1.45. The summed E-state index contributed by atoms with van der Waals surface area (Å²) in [5, 5.41) is 11.9. The van der Waals surface area contributed by atoms with Crippen molar-refractivity contribution in [2.24, 2.45) is 0 Å². The van der Waals surface area contributed by atoms with Crippen molar-refractivity contribution < 1.29 is 9.50 Å². The minimum absolute atomic E-state index is 0.152. The molecule has 0 bridgehead atoms. The summed E-state index contributed by atoms with van der Waals surface area (Å²) in [6.07, 6.45) is 1.75. The molecule has 0 aliphatic rings. The summed E-state index contributed by atoms with van der Waals surface area (Å²) in [6.45, 7) is 3.09. The average Bonchev–Trinajstić information content (AvgIpc) is 2.24. The number of aliphatic hydroxyl groups excluding tert-OH is 1. The average molecular weight is 211 g/mol. The van der Waals surface area contributed by atoms with Crippen LogP contribution in [0.4, 0.5) is 4.39 Å². The number of benzene rings is 1. The van der Waals surface area contributed by atoms with Crippen LogP contribution in [0.2, 0.25) is 0 Å². The Labute approximate surface area is 90.1 Å². The van der Waals surface area contributed by atoms with E-state index in [1.54, 1.807) is 12.1 Å². The highest BCUT2D eigenvalue weighted by molar-refractivity contribution is 5.19. The fraction of sp³-hybridized carbons (Fsp3) is 0.500. The van der Waals surface area contributed by atoms with Gasteiger partial charge >= 0.3 is 0 Å². The van der Waals surface area contributed by atoms with Gasteiger partial charge in [0.05, 0.1) is 0 Å². The van der Waals surface area contributed by atoms with Gasteiger partial charge in [-0.15, -0.1) is 0 Å². The Balaban J connectivity index is 2.36. The quantitative estimate of drug-likeness (QED) is 0.707. The summed E-state index contributed by atoms with van der Waals surface area (Å²) < 4.78 is 12.9. The molecule has 1 aromatic carbocycles. The van der Waals surface area contributed by atoms with Gasteiger partial charge in [0.2, 0.25) is 0 Å². The van der Waals surface area contributed by atoms with Gasteiger partial charge in [0.25, 0.3) is 0 Å². The highest BCUT2D eigenvalue weighted by atomic mass is 19.1. The lowest BCUT2D eigenvalue weighted by atomic mass is 10.1. The Morgan fingerprint density at radius 1 is 1.40 bits per heavy atom. The van der Waals surface area contributed by atoms with Crippen LogP contribution in [0.1, 0.15) is 31.4 Å². The molecule has 0 aliphatic carbocycles. The molecule has 2 nitrogen and oxygen atoms in total. The molecular weight excluding hydrogens is 193 g/mol. The first-order chi connectivity index (χ1) is 7.24. The summed E-state index contributed by atoms with van der Waals surface area (Å²) in [6, 6.07) is 6.77. The molecule has 0 saturated heterocycles. The molecule has 2 N–H and O–H groups in total. The highest BCUT2D eigenvalue weighted by Crippen LogP contribution is 2.13. The standard InChI is InChI=1S/C12H18FNO/c1-10(14-7-2-3-8-15)11-5-4-6-12(13)9-11/h4-6,9-10,14-15H,2-3,7-8H2,1H3/t10-/m1/s1. The van der Waals surface area contributed by atoms with Crippen LogP contribution >= 0.6 is 0 Å². The van der Waals surface area contributed by atoms with E-state index in [2.05, 4.69) is 5.32 Å². The third-order valence-electron chi connectivity index (χ3n) is 2.38. The number of nitrogens with one attached hydrogen (secondary N) is 1. The van der Waals surface area contributed by atoms with Crippen molar-refractivity contribution >= 4 is 0 Å². The van der Waals surface area contributed by atoms with E-state index in [-0.39, 0.29) is 18.5 Å². The molecule has 1 atom stereocenters. The first kappa shape index (κ1) is 12.1. The van der Waals surface area contributed by atoms with Crippen molar-refractivity contribution in [3.63, 3.8) is 0 Å². The smallest absolute Gasteiger partial charge is 0.123 e. The highest BCUT2D eigenvalue weighted by Gasteiger charge is 2.04. The monoisotopic (exact) mass is 211 g/mol. The van der Waals surface area contributed by atoms with E-state index in [4.69, 9.17) is 5.11 Å². The molecule has 0 unspecified atom stereocenters. The van der Waals surface area contributed by atoms with Crippen LogP contribution in [0.25, 0.3) is 0 Å². The first-order valence-electron chi connectivity index (χ1n) is 5.33. The minimum atomic E-state index is -0.198. The normalized spacial score (nSPS) is 12.7. The van der Waals surface area contributed by atoms with E-state index >= 15 is 0 Å². The van der Waals surface area contributed by atoms with Crippen LogP contribution in [-0.2, 0) is 0 Å². The van der Waals surface area contributed by atoms with Gasteiger partial charge in [-0.1, -0.05) is 12.1 Å². The lowest BCUT2D eigenvalue weighted by Crippen LogP contribution is -2.20. The predicted octanol–water partition coefficient (Wildman–Crippen LogP) is 2.25. The Bertz CT molecular complexity index is 291. The maximum Gasteiger partial charge on any atom is 0.123 e. The van der Waals surface area contributed by atoms with Crippen molar-refractivity contribution in [2.45, 2.75) is 25.8 Å². The molecule has 0 aromatic heterocycles. The molecule has 3 heteroatoms. The van der Waals surface area contributed by atoms with E-state index in [0.717, 1.165) is 24.9 Å². The third kappa shape index (κ3) is 4.40. The van der Waals surface area contributed by atoms with E-state index in [1.807, 2.05) is 13.0 Å².